The number of benzene rings is 1. The molecule has 7 heteroatoms. The van der Waals surface area contributed by atoms with Gasteiger partial charge in [-0.1, -0.05) is 18.2 Å². The minimum atomic E-state index is -0.440. The molecule has 0 spiro atoms. The summed E-state index contributed by atoms with van der Waals surface area (Å²) in [5.74, 6) is 1.90. The van der Waals surface area contributed by atoms with Crippen molar-refractivity contribution in [2.45, 2.75) is 25.7 Å². The summed E-state index contributed by atoms with van der Waals surface area (Å²) < 4.78 is 7.39. The van der Waals surface area contributed by atoms with Crippen molar-refractivity contribution in [1.82, 2.24) is 19.5 Å². The summed E-state index contributed by atoms with van der Waals surface area (Å²) in [6.45, 7) is 3.03. The molecule has 5 rings (SSSR count). The van der Waals surface area contributed by atoms with Gasteiger partial charge in [0.15, 0.2) is 5.65 Å². The maximum absolute atomic E-state index is 13.7. The second kappa shape index (κ2) is 7.63. The third-order valence-corrected chi connectivity index (χ3v) is 6.34. The van der Waals surface area contributed by atoms with Crippen LogP contribution in [0.3, 0.4) is 0 Å². The summed E-state index contributed by atoms with van der Waals surface area (Å²) in [7, 11) is 1.68. The van der Waals surface area contributed by atoms with Gasteiger partial charge in [-0.25, -0.2) is 0 Å². The van der Waals surface area contributed by atoms with Gasteiger partial charge < -0.3 is 14.5 Å². The Balaban J connectivity index is 1.43. The number of hydrogen-bond donors (Lipinski definition) is 0. The van der Waals surface area contributed by atoms with Gasteiger partial charge in [0, 0.05) is 32.4 Å². The molecular formula is C23H27N5O2. The number of fused-ring (bicyclic) bond motifs is 1. The fraction of sp³-hybridized carbons (Fsp3) is 0.435. The van der Waals surface area contributed by atoms with Crippen LogP contribution in [0.4, 0.5) is 5.95 Å². The fourth-order valence-electron chi connectivity index (χ4n) is 4.80. The molecule has 2 fully saturated rings. The average Bonchev–Trinajstić information content (AvgIpc) is 3.20. The highest BCUT2D eigenvalue weighted by Gasteiger charge is 2.52. The monoisotopic (exact) mass is 405 g/mol. The van der Waals surface area contributed by atoms with E-state index in [4.69, 9.17) is 4.74 Å². The third-order valence-electron chi connectivity index (χ3n) is 6.34. The first-order valence-electron chi connectivity index (χ1n) is 10.7. The number of aromatic nitrogens is 3. The Morgan fingerprint density at radius 1 is 1.07 bits per heavy atom. The van der Waals surface area contributed by atoms with Crippen LogP contribution in [0.2, 0.25) is 0 Å². The van der Waals surface area contributed by atoms with Crippen LogP contribution in [-0.4, -0.2) is 58.7 Å². The van der Waals surface area contributed by atoms with Gasteiger partial charge in [-0.05, 0) is 55.5 Å². The lowest BCUT2D eigenvalue weighted by Gasteiger charge is -2.51. The lowest BCUT2D eigenvalue weighted by Crippen LogP contribution is -2.65. The van der Waals surface area contributed by atoms with Gasteiger partial charge in [0.05, 0.1) is 12.5 Å². The SMILES string of the molecule is COc1cccc(CC2(C(=O)N3CCCCC3)CN(c3nnc4ccccn34)C2)c1. The first-order valence-corrected chi connectivity index (χ1v) is 10.7. The zero-order chi connectivity index (χ0) is 20.6. The number of nitrogens with zero attached hydrogens (tertiary/aromatic N) is 5. The van der Waals surface area contributed by atoms with Crippen LogP contribution in [0.1, 0.15) is 24.8 Å². The number of hydrogen-bond acceptors (Lipinski definition) is 5. The number of ether oxygens (including phenoxy) is 1. The Bertz CT molecular complexity index is 1050. The van der Waals surface area contributed by atoms with Gasteiger partial charge in [-0.2, -0.15) is 0 Å². The number of piperidine rings is 1. The van der Waals surface area contributed by atoms with Crippen molar-refractivity contribution < 1.29 is 9.53 Å². The van der Waals surface area contributed by atoms with Crippen LogP contribution in [-0.2, 0) is 11.2 Å². The highest BCUT2D eigenvalue weighted by atomic mass is 16.5. The third kappa shape index (κ3) is 3.28. The minimum absolute atomic E-state index is 0.273. The number of likely N-dealkylation sites (tertiary alicyclic amines) is 1. The van der Waals surface area contributed by atoms with Gasteiger partial charge in [0.25, 0.3) is 0 Å². The molecule has 0 unspecified atom stereocenters. The lowest BCUT2D eigenvalue weighted by atomic mass is 9.73. The van der Waals surface area contributed by atoms with E-state index in [0.717, 1.165) is 48.8 Å². The van der Waals surface area contributed by atoms with Crippen LogP contribution in [0.25, 0.3) is 5.65 Å². The summed E-state index contributed by atoms with van der Waals surface area (Å²) in [5, 5.41) is 8.65. The topological polar surface area (TPSA) is 63.0 Å². The smallest absolute Gasteiger partial charge is 0.232 e. The molecule has 2 aliphatic rings. The van der Waals surface area contributed by atoms with Crippen LogP contribution >= 0.6 is 0 Å². The van der Waals surface area contributed by atoms with Gasteiger partial charge in [-0.3, -0.25) is 9.20 Å². The van der Waals surface area contributed by atoms with Crippen molar-refractivity contribution in [1.29, 1.82) is 0 Å². The van der Waals surface area contributed by atoms with Crippen molar-refractivity contribution in [3.63, 3.8) is 0 Å². The fourth-order valence-corrected chi connectivity index (χ4v) is 4.80. The molecule has 30 heavy (non-hydrogen) atoms. The average molecular weight is 406 g/mol. The largest absolute Gasteiger partial charge is 0.497 e. The molecule has 156 valence electrons. The molecule has 3 aromatic rings. The molecule has 1 aromatic carbocycles. The molecule has 4 heterocycles. The maximum Gasteiger partial charge on any atom is 0.232 e. The lowest BCUT2D eigenvalue weighted by molar-refractivity contribution is -0.144. The van der Waals surface area contributed by atoms with Gasteiger partial charge in [0.1, 0.15) is 5.75 Å². The number of rotatable bonds is 5. The Hall–Kier alpha value is -3.09. The molecule has 0 N–H and O–H groups in total. The molecule has 0 saturated carbocycles. The van der Waals surface area contributed by atoms with E-state index >= 15 is 0 Å². The Morgan fingerprint density at radius 3 is 2.70 bits per heavy atom. The Kier molecular flexibility index (Phi) is 4.81. The Labute approximate surface area is 176 Å². The summed E-state index contributed by atoms with van der Waals surface area (Å²) in [6.07, 6.45) is 6.08. The molecule has 0 atom stereocenters. The van der Waals surface area contributed by atoms with E-state index in [9.17, 15) is 4.79 Å². The van der Waals surface area contributed by atoms with E-state index in [0.29, 0.717) is 19.5 Å². The number of carbonyl (C=O) groups is 1. The Morgan fingerprint density at radius 2 is 1.90 bits per heavy atom. The highest BCUT2D eigenvalue weighted by molar-refractivity contribution is 5.86. The van der Waals surface area contributed by atoms with Gasteiger partial charge in [-0.15, -0.1) is 10.2 Å². The number of carbonyl (C=O) groups excluding carboxylic acids is 1. The van der Waals surface area contributed by atoms with Crippen LogP contribution < -0.4 is 9.64 Å². The van der Waals surface area contributed by atoms with E-state index < -0.39 is 5.41 Å². The van der Waals surface area contributed by atoms with Gasteiger partial charge >= 0.3 is 0 Å². The molecule has 0 aliphatic carbocycles. The maximum atomic E-state index is 13.7. The number of methoxy groups -OCH3 is 1. The second-order valence-corrected chi connectivity index (χ2v) is 8.45. The van der Waals surface area contributed by atoms with Crippen molar-refractivity contribution in [2.75, 3.05) is 38.2 Å². The summed E-state index contributed by atoms with van der Waals surface area (Å²) in [6, 6.07) is 13.9. The van der Waals surface area contributed by atoms with Crippen LogP contribution in [0.5, 0.6) is 5.75 Å². The number of pyridine rings is 1. The van der Waals surface area contributed by atoms with E-state index in [1.165, 1.54) is 6.42 Å². The zero-order valence-electron chi connectivity index (χ0n) is 17.3. The summed E-state index contributed by atoms with van der Waals surface area (Å²) >= 11 is 0. The predicted octanol–water partition coefficient (Wildman–Crippen LogP) is 2.80. The van der Waals surface area contributed by atoms with E-state index in [-0.39, 0.29) is 5.91 Å². The number of anilines is 1. The molecule has 0 bridgehead atoms. The van der Waals surface area contributed by atoms with Crippen molar-refractivity contribution in [3.05, 3.63) is 54.2 Å². The minimum Gasteiger partial charge on any atom is -0.497 e. The summed E-state index contributed by atoms with van der Waals surface area (Å²) in [4.78, 5) is 17.9. The normalized spacial score (nSPS) is 18.3. The van der Waals surface area contributed by atoms with Crippen molar-refractivity contribution in [3.8, 4) is 5.75 Å². The highest BCUT2D eigenvalue weighted by Crippen LogP contribution is 2.39. The second-order valence-electron chi connectivity index (χ2n) is 8.45. The number of amides is 1. The molecule has 2 aromatic heterocycles. The van der Waals surface area contributed by atoms with E-state index in [1.807, 2.05) is 47.0 Å². The first kappa shape index (κ1) is 18.9. The molecule has 2 saturated heterocycles. The zero-order valence-corrected chi connectivity index (χ0v) is 17.3. The van der Waals surface area contributed by atoms with Crippen LogP contribution in [0.15, 0.2) is 48.7 Å². The van der Waals surface area contributed by atoms with E-state index in [2.05, 4.69) is 26.1 Å². The summed E-state index contributed by atoms with van der Waals surface area (Å²) in [5.41, 5.74) is 1.51. The van der Waals surface area contributed by atoms with Gasteiger partial charge in [0.2, 0.25) is 11.9 Å². The predicted molar refractivity (Wildman–Crippen MR) is 115 cm³/mol. The molecular weight excluding hydrogens is 378 g/mol. The van der Waals surface area contributed by atoms with Crippen molar-refractivity contribution >= 4 is 17.5 Å². The molecule has 0 radical (unpaired) electrons. The first-order chi connectivity index (χ1) is 14.7. The van der Waals surface area contributed by atoms with E-state index in [1.54, 1.807) is 7.11 Å². The molecule has 2 aliphatic heterocycles. The van der Waals surface area contributed by atoms with Crippen LogP contribution in [0, 0.1) is 5.41 Å². The molecule has 7 nitrogen and oxygen atoms in total. The quantitative estimate of drug-likeness (QED) is 0.653. The molecule has 1 amide bonds. The van der Waals surface area contributed by atoms with Crippen molar-refractivity contribution in [2.24, 2.45) is 5.41 Å². The standard InChI is InChI=1S/C23H27N5O2/c1-30-19-9-7-8-18(14-19)15-23(21(29)26-11-4-2-5-12-26)16-27(17-23)22-25-24-20-10-3-6-13-28(20)22/h3,6-10,13-14H,2,4-5,11-12,15-17H2,1H3.